The van der Waals surface area contributed by atoms with Crippen LogP contribution in [0.2, 0.25) is 0 Å². The van der Waals surface area contributed by atoms with Gasteiger partial charge in [-0.2, -0.15) is 13.2 Å². The molecule has 1 N–H and O–H groups in total. The molecule has 0 fully saturated rings. The van der Waals surface area contributed by atoms with Gasteiger partial charge in [0.2, 0.25) is 11.4 Å². The zero-order chi connectivity index (χ0) is 21.8. The molecular weight excluding hydrogens is 385 g/mol. The number of carbonyl (C=O) groups excluding carboxylic acids is 3. The first-order chi connectivity index (χ1) is 13.6. The minimum absolute atomic E-state index is 0.0336. The van der Waals surface area contributed by atoms with Crippen molar-refractivity contribution in [3.8, 4) is 0 Å². The monoisotopic (exact) mass is 410 g/mol. The topological polar surface area (TPSA) is 66.5 Å². The number of carbonyl (C=O) groups is 3. The van der Waals surface area contributed by atoms with Gasteiger partial charge in [0.15, 0.2) is 5.78 Å². The summed E-state index contributed by atoms with van der Waals surface area (Å²) in [6.07, 6.45) is -4.01. The number of ketones is 1. The number of alkyl halides is 3. The van der Waals surface area contributed by atoms with Crippen LogP contribution in [0.15, 0.2) is 41.6 Å². The molecule has 5 nitrogen and oxygen atoms in total. The van der Waals surface area contributed by atoms with Crippen molar-refractivity contribution in [2.45, 2.75) is 58.2 Å². The van der Waals surface area contributed by atoms with Gasteiger partial charge < -0.3 is 10.2 Å². The summed E-state index contributed by atoms with van der Waals surface area (Å²) in [5.41, 5.74) is -3.29. The summed E-state index contributed by atoms with van der Waals surface area (Å²) in [6, 6.07) is 8.99. The van der Waals surface area contributed by atoms with Crippen LogP contribution in [0.25, 0.3) is 0 Å². The minimum atomic E-state index is -5.16. The Balaban J connectivity index is 2.44. The Hall–Kier alpha value is -2.64. The second-order valence-corrected chi connectivity index (χ2v) is 7.11. The van der Waals surface area contributed by atoms with Gasteiger partial charge in [0.05, 0.1) is 5.57 Å². The van der Waals surface area contributed by atoms with Crippen LogP contribution in [0.5, 0.6) is 0 Å². The average molecular weight is 410 g/mol. The van der Waals surface area contributed by atoms with Crippen molar-refractivity contribution in [3.05, 3.63) is 47.2 Å². The van der Waals surface area contributed by atoms with Crippen LogP contribution in [0.1, 0.15) is 45.6 Å². The minimum Gasteiger partial charge on any atom is -0.330 e. The molecular formula is C21H25F3N2O3. The first-order valence-corrected chi connectivity index (χ1v) is 9.52. The van der Waals surface area contributed by atoms with Gasteiger partial charge in [0, 0.05) is 18.7 Å². The standard InChI is InChI=1S/C21H25F3N2O3/c1-4-5-11-17(28)25-20(21(22,23)24)18(15(3)27)14(2)26(19(20)29)13-12-16-9-7-6-8-10-16/h6-10H,4-5,11-13H2,1-3H3,(H,25,28)/t20-/m0/s1. The van der Waals surface area contributed by atoms with E-state index in [0.717, 1.165) is 17.4 Å². The van der Waals surface area contributed by atoms with Crippen molar-refractivity contribution < 1.29 is 27.6 Å². The molecule has 1 aromatic carbocycles. The highest BCUT2D eigenvalue weighted by Crippen LogP contribution is 2.45. The predicted octanol–water partition coefficient (Wildman–Crippen LogP) is 3.54. The second-order valence-electron chi connectivity index (χ2n) is 7.11. The van der Waals surface area contributed by atoms with Crippen molar-refractivity contribution in [2.24, 2.45) is 0 Å². The molecule has 158 valence electrons. The van der Waals surface area contributed by atoms with E-state index in [2.05, 4.69) is 0 Å². The van der Waals surface area contributed by atoms with E-state index in [9.17, 15) is 27.6 Å². The van der Waals surface area contributed by atoms with Gasteiger partial charge in [-0.1, -0.05) is 43.7 Å². The lowest BCUT2D eigenvalue weighted by molar-refractivity contribution is -0.194. The maximum absolute atomic E-state index is 14.2. The molecule has 1 atom stereocenters. The number of nitrogens with zero attached hydrogens (tertiary/aromatic N) is 1. The molecule has 0 unspecified atom stereocenters. The molecule has 1 aromatic rings. The Morgan fingerprint density at radius 2 is 1.79 bits per heavy atom. The molecule has 1 heterocycles. The molecule has 0 aliphatic carbocycles. The number of Topliss-reactive ketones (excluding diaryl/α,β-unsaturated/α-hetero) is 1. The molecule has 0 radical (unpaired) electrons. The van der Waals surface area contributed by atoms with E-state index < -0.39 is 34.9 Å². The highest BCUT2D eigenvalue weighted by Gasteiger charge is 2.69. The van der Waals surface area contributed by atoms with Gasteiger partial charge in [-0.15, -0.1) is 0 Å². The summed E-state index contributed by atoms with van der Waals surface area (Å²) in [6.45, 7) is 4.05. The lowest BCUT2D eigenvalue weighted by Crippen LogP contribution is -2.66. The Kier molecular flexibility index (Phi) is 6.87. The Morgan fingerprint density at radius 3 is 2.31 bits per heavy atom. The van der Waals surface area contributed by atoms with Crippen molar-refractivity contribution in [1.82, 2.24) is 10.2 Å². The van der Waals surface area contributed by atoms with E-state index in [0.29, 0.717) is 19.3 Å². The fourth-order valence-corrected chi connectivity index (χ4v) is 3.60. The van der Waals surface area contributed by atoms with Crippen LogP contribution in [0.3, 0.4) is 0 Å². The fraction of sp³-hybridized carbons (Fsp3) is 0.476. The molecule has 2 amide bonds. The molecule has 29 heavy (non-hydrogen) atoms. The van der Waals surface area contributed by atoms with Crippen LogP contribution < -0.4 is 5.32 Å². The fourth-order valence-electron chi connectivity index (χ4n) is 3.60. The quantitative estimate of drug-likeness (QED) is 0.713. The van der Waals surface area contributed by atoms with Crippen LogP contribution in [-0.4, -0.2) is 40.8 Å². The van der Waals surface area contributed by atoms with E-state index >= 15 is 0 Å². The third kappa shape index (κ3) is 4.36. The normalized spacial score (nSPS) is 19.7. The lowest BCUT2D eigenvalue weighted by Gasteiger charge is -2.33. The lowest BCUT2D eigenvalue weighted by atomic mass is 9.86. The molecule has 0 aromatic heterocycles. The van der Waals surface area contributed by atoms with E-state index in [1.54, 1.807) is 31.2 Å². The number of halogens is 3. The molecule has 2 rings (SSSR count). The number of benzene rings is 1. The molecule has 1 aliphatic rings. The summed E-state index contributed by atoms with van der Waals surface area (Å²) < 4.78 is 42.7. The van der Waals surface area contributed by atoms with E-state index in [1.807, 2.05) is 11.4 Å². The van der Waals surface area contributed by atoms with Crippen LogP contribution >= 0.6 is 0 Å². The highest BCUT2D eigenvalue weighted by atomic mass is 19.4. The zero-order valence-corrected chi connectivity index (χ0v) is 16.7. The first kappa shape index (κ1) is 22.6. The van der Waals surface area contributed by atoms with Crippen LogP contribution in [0.4, 0.5) is 13.2 Å². The SMILES string of the molecule is CCCCC(=O)N[C@]1(C(F)(F)F)C(=O)N(CCc2ccccc2)C(C)=C1C(C)=O. The van der Waals surface area contributed by atoms with Crippen LogP contribution in [0, 0.1) is 0 Å². The van der Waals surface area contributed by atoms with E-state index in [4.69, 9.17) is 0 Å². The van der Waals surface area contributed by atoms with Gasteiger partial charge in [0.1, 0.15) is 0 Å². The molecule has 0 saturated heterocycles. The summed E-state index contributed by atoms with van der Waals surface area (Å²) in [7, 11) is 0. The smallest absolute Gasteiger partial charge is 0.330 e. The van der Waals surface area contributed by atoms with E-state index in [-0.39, 0.29) is 18.7 Å². The molecule has 0 saturated carbocycles. The Labute approximate surface area is 168 Å². The molecule has 1 aliphatic heterocycles. The van der Waals surface area contributed by atoms with Gasteiger partial charge in [0.25, 0.3) is 5.91 Å². The van der Waals surface area contributed by atoms with E-state index in [1.165, 1.54) is 6.92 Å². The number of amides is 2. The van der Waals surface area contributed by atoms with Crippen molar-refractivity contribution in [2.75, 3.05) is 6.54 Å². The summed E-state index contributed by atoms with van der Waals surface area (Å²) in [5.74, 6) is -3.14. The predicted molar refractivity (Wildman–Crippen MR) is 102 cm³/mol. The molecule has 0 bridgehead atoms. The zero-order valence-electron chi connectivity index (χ0n) is 16.7. The van der Waals surface area contributed by atoms with Gasteiger partial charge in [-0.3, -0.25) is 14.4 Å². The molecule has 0 spiro atoms. The van der Waals surface area contributed by atoms with Gasteiger partial charge in [-0.25, -0.2) is 0 Å². The summed E-state index contributed by atoms with van der Waals surface area (Å²) in [5, 5.41) is 1.87. The Morgan fingerprint density at radius 1 is 1.17 bits per heavy atom. The maximum atomic E-state index is 14.2. The average Bonchev–Trinajstić information content (AvgIpc) is 2.86. The number of unbranched alkanes of at least 4 members (excludes halogenated alkanes) is 1. The van der Waals surface area contributed by atoms with Crippen LogP contribution in [-0.2, 0) is 20.8 Å². The van der Waals surface area contributed by atoms with Crippen molar-refractivity contribution >= 4 is 17.6 Å². The van der Waals surface area contributed by atoms with Crippen molar-refractivity contribution in [3.63, 3.8) is 0 Å². The number of nitrogens with one attached hydrogen (secondary N) is 1. The second kappa shape index (κ2) is 8.80. The summed E-state index contributed by atoms with van der Waals surface area (Å²) in [4.78, 5) is 38.4. The largest absolute Gasteiger partial charge is 0.425 e. The number of rotatable bonds is 8. The third-order valence-corrected chi connectivity index (χ3v) is 5.04. The van der Waals surface area contributed by atoms with Gasteiger partial charge in [-0.05, 0) is 32.3 Å². The number of allylic oxidation sites excluding steroid dienone is 1. The third-order valence-electron chi connectivity index (χ3n) is 5.04. The highest BCUT2D eigenvalue weighted by molar-refractivity contribution is 6.12. The molecule has 8 heteroatoms. The summed E-state index contributed by atoms with van der Waals surface area (Å²) >= 11 is 0. The number of hydrogen-bond acceptors (Lipinski definition) is 3. The Bertz CT molecular complexity index is 818. The van der Waals surface area contributed by atoms with Crippen molar-refractivity contribution in [1.29, 1.82) is 0 Å². The maximum Gasteiger partial charge on any atom is 0.425 e. The number of hydrogen-bond donors (Lipinski definition) is 1. The van der Waals surface area contributed by atoms with Gasteiger partial charge >= 0.3 is 6.18 Å². The first-order valence-electron chi connectivity index (χ1n) is 9.52.